The van der Waals surface area contributed by atoms with Crippen LogP contribution in [-0.2, 0) is 0 Å². The fraction of sp³-hybridized carbons (Fsp3) is 0.636. The summed E-state index contributed by atoms with van der Waals surface area (Å²) in [6, 6.07) is 1.97. The molecule has 1 aromatic heterocycles. The van der Waals surface area contributed by atoms with Crippen LogP contribution in [0.4, 0.5) is 5.82 Å². The van der Waals surface area contributed by atoms with Crippen LogP contribution >= 0.6 is 11.6 Å². The Hall–Kier alpha value is -0.830. The van der Waals surface area contributed by atoms with E-state index >= 15 is 0 Å². The molecule has 0 amide bonds. The molecule has 0 aromatic carbocycles. The average Bonchev–Trinajstić information content (AvgIpc) is 2.10. The normalized spacial score (nSPS) is 18.3. The molecule has 1 heterocycles. The van der Waals surface area contributed by atoms with Gasteiger partial charge >= 0.3 is 0 Å². The number of aryl methyl sites for hydroxylation is 2. The van der Waals surface area contributed by atoms with Crippen molar-refractivity contribution in [1.29, 1.82) is 0 Å². The third-order valence-electron chi connectivity index (χ3n) is 2.93. The van der Waals surface area contributed by atoms with Crippen molar-refractivity contribution in [1.82, 2.24) is 9.97 Å². The summed E-state index contributed by atoms with van der Waals surface area (Å²) in [4.78, 5) is 8.62. The molecule has 0 bridgehead atoms. The quantitative estimate of drug-likeness (QED) is 0.804. The van der Waals surface area contributed by atoms with Crippen LogP contribution in [0.15, 0.2) is 6.07 Å². The third-order valence-corrected chi connectivity index (χ3v) is 3.44. The Labute approximate surface area is 95.3 Å². The third kappa shape index (κ3) is 2.23. The summed E-state index contributed by atoms with van der Waals surface area (Å²) in [5, 5.41) is 3.44. The van der Waals surface area contributed by atoms with Gasteiger partial charge in [-0.25, -0.2) is 9.97 Å². The second kappa shape index (κ2) is 3.97. The number of hydrogen-bond acceptors (Lipinski definition) is 3. The molecular weight excluding hydrogens is 210 g/mol. The van der Waals surface area contributed by atoms with E-state index in [1.165, 1.54) is 6.42 Å². The molecule has 4 heteroatoms. The highest BCUT2D eigenvalue weighted by Gasteiger charge is 2.36. The number of nitrogens with zero attached hydrogens (tertiary/aromatic N) is 2. The fourth-order valence-corrected chi connectivity index (χ4v) is 2.28. The minimum atomic E-state index is 0.0782. The second-order valence-electron chi connectivity index (χ2n) is 4.33. The zero-order chi connectivity index (χ0) is 10.9. The van der Waals surface area contributed by atoms with Crippen molar-refractivity contribution in [3.63, 3.8) is 0 Å². The van der Waals surface area contributed by atoms with Crippen LogP contribution in [0.5, 0.6) is 0 Å². The molecule has 1 aliphatic rings. The van der Waals surface area contributed by atoms with Crippen molar-refractivity contribution in [2.75, 3.05) is 11.2 Å². The Balaban J connectivity index is 2.16. The van der Waals surface area contributed by atoms with Gasteiger partial charge in [-0.05, 0) is 33.1 Å². The monoisotopic (exact) mass is 225 g/mol. The molecule has 0 atom stereocenters. The van der Waals surface area contributed by atoms with Gasteiger partial charge in [-0.3, -0.25) is 0 Å². The molecule has 1 aromatic rings. The maximum absolute atomic E-state index is 5.98. The molecular formula is C11H16ClN3. The highest BCUT2D eigenvalue weighted by molar-refractivity contribution is 6.19. The van der Waals surface area contributed by atoms with Crippen molar-refractivity contribution in [2.24, 2.45) is 0 Å². The van der Waals surface area contributed by atoms with E-state index in [1.807, 2.05) is 19.9 Å². The van der Waals surface area contributed by atoms with Crippen LogP contribution in [0, 0.1) is 13.8 Å². The zero-order valence-corrected chi connectivity index (χ0v) is 9.93. The van der Waals surface area contributed by atoms with Gasteiger partial charge in [-0.1, -0.05) is 0 Å². The number of aromatic nitrogens is 2. The predicted molar refractivity (Wildman–Crippen MR) is 62.4 cm³/mol. The summed E-state index contributed by atoms with van der Waals surface area (Å²) in [5.74, 6) is 2.36. The van der Waals surface area contributed by atoms with Gasteiger partial charge in [0.1, 0.15) is 11.6 Å². The standard InChI is InChI=1S/C11H16ClN3/c1-8-6-10(14-9(2)13-8)15-11(7-12)4-3-5-11/h6H,3-5,7H2,1-2H3,(H,13,14,15). The van der Waals surface area contributed by atoms with Crippen LogP contribution < -0.4 is 5.32 Å². The SMILES string of the molecule is Cc1cc(NC2(CCl)CCC2)nc(C)n1. The molecule has 0 unspecified atom stereocenters. The lowest BCUT2D eigenvalue weighted by Gasteiger charge is -2.41. The van der Waals surface area contributed by atoms with Crippen LogP contribution in [0.2, 0.25) is 0 Å². The number of alkyl halides is 1. The Morgan fingerprint density at radius 2 is 2.13 bits per heavy atom. The van der Waals surface area contributed by atoms with Gasteiger partial charge in [0.25, 0.3) is 0 Å². The van der Waals surface area contributed by atoms with Crippen molar-refractivity contribution in [3.8, 4) is 0 Å². The van der Waals surface area contributed by atoms with E-state index in [0.29, 0.717) is 5.88 Å². The largest absolute Gasteiger partial charge is 0.363 e. The summed E-state index contributed by atoms with van der Waals surface area (Å²) in [6.07, 6.45) is 3.53. The molecule has 82 valence electrons. The number of anilines is 1. The van der Waals surface area contributed by atoms with E-state index in [0.717, 1.165) is 30.2 Å². The Morgan fingerprint density at radius 3 is 2.60 bits per heavy atom. The lowest BCUT2D eigenvalue weighted by molar-refractivity contribution is 0.310. The first-order chi connectivity index (χ1) is 7.13. The highest BCUT2D eigenvalue weighted by atomic mass is 35.5. The molecule has 1 N–H and O–H groups in total. The molecule has 2 rings (SSSR count). The second-order valence-corrected chi connectivity index (χ2v) is 4.60. The molecule has 0 saturated heterocycles. The van der Waals surface area contributed by atoms with E-state index in [4.69, 9.17) is 11.6 Å². The van der Waals surface area contributed by atoms with Gasteiger partial charge in [0.2, 0.25) is 0 Å². The van der Waals surface area contributed by atoms with E-state index in [1.54, 1.807) is 0 Å². The van der Waals surface area contributed by atoms with Crippen molar-refractivity contribution in [3.05, 3.63) is 17.6 Å². The van der Waals surface area contributed by atoms with Crippen molar-refractivity contribution < 1.29 is 0 Å². The van der Waals surface area contributed by atoms with Gasteiger partial charge in [-0.2, -0.15) is 0 Å². The smallest absolute Gasteiger partial charge is 0.130 e. The lowest BCUT2D eigenvalue weighted by atomic mass is 9.78. The fourth-order valence-electron chi connectivity index (χ4n) is 1.95. The zero-order valence-electron chi connectivity index (χ0n) is 9.18. The summed E-state index contributed by atoms with van der Waals surface area (Å²) < 4.78 is 0. The molecule has 0 aliphatic heterocycles. The Morgan fingerprint density at radius 1 is 1.40 bits per heavy atom. The molecule has 0 spiro atoms. The molecule has 1 aliphatic carbocycles. The summed E-state index contributed by atoms with van der Waals surface area (Å²) >= 11 is 5.98. The highest BCUT2D eigenvalue weighted by Crippen LogP contribution is 2.35. The summed E-state index contributed by atoms with van der Waals surface area (Å²) in [7, 11) is 0. The summed E-state index contributed by atoms with van der Waals surface area (Å²) in [6.45, 7) is 3.89. The molecule has 0 radical (unpaired) electrons. The van der Waals surface area contributed by atoms with E-state index in [2.05, 4.69) is 15.3 Å². The minimum absolute atomic E-state index is 0.0782. The first-order valence-electron chi connectivity index (χ1n) is 5.30. The van der Waals surface area contributed by atoms with E-state index in [9.17, 15) is 0 Å². The van der Waals surface area contributed by atoms with Crippen LogP contribution in [0.3, 0.4) is 0 Å². The topological polar surface area (TPSA) is 37.8 Å². The number of hydrogen-bond donors (Lipinski definition) is 1. The maximum atomic E-state index is 5.98. The van der Waals surface area contributed by atoms with E-state index < -0.39 is 0 Å². The molecule has 15 heavy (non-hydrogen) atoms. The number of rotatable bonds is 3. The van der Waals surface area contributed by atoms with Gasteiger partial charge in [0.15, 0.2) is 0 Å². The maximum Gasteiger partial charge on any atom is 0.130 e. The van der Waals surface area contributed by atoms with Gasteiger partial charge in [0, 0.05) is 17.6 Å². The minimum Gasteiger partial charge on any atom is -0.363 e. The van der Waals surface area contributed by atoms with Gasteiger partial charge in [0.05, 0.1) is 5.54 Å². The average molecular weight is 226 g/mol. The lowest BCUT2D eigenvalue weighted by Crippen LogP contribution is -2.47. The van der Waals surface area contributed by atoms with Crippen LogP contribution in [0.25, 0.3) is 0 Å². The van der Waals surface area contributed by atoms with Crippen molar-refractivity contribution >= 4 is 17.4 Å². The Kier molecular flexibility index (Phi) is 2.83. The molecule has 3 nitrogen and oxygen atoms in total. The molecule has 1 saturated carbocycles. The van der Waals surface area contributed by atoms with Gasteiger partial charge < -0.3 is 5.32 Å². The number of nitrogens with one attached hydrogen (secondary N) is 1. The van der Waals surface area contributed by atoms with E-state index in [-0.39, 0.29) is 5.54 Å². The summed E-state index contributed by atoms with van der Waals surface area (Å²) in [5.41, 5.74) is 1.07. The van der Waals surface area contributed by atoms with Crippen LogP contribution in [0.1, 0.15) is 30.8 Å². The number of halogens is 1. The Bertz CT molecular complexity index is 335. The van der Waals surface area contributed by atoms with Gasteiger partial charge in [-0.15, -0.1) is 11.6 Å². The molecule has 1 fully saturated rings. The van der Waals surface area contributed by atoms with Crippen molar-refractivity contribution in [2.45, 2.75) is 38.6 Å². The first-order valence-corrected chi connectivity index (χ1v) is 5.83. The van der Waals surface area contributed by atoms with Crippen LogP contribution in [-0.4, -0.2) is 21.4 Å². The predicted octanol–water partition coefficient (Wildman–Crippen LogP) is 2.67. The first kappa shape index (κ1) is 10.7.